The summed E-state index contributed by atoms with van der Waals surface area (Å²) in [5, 5.41) is 2.86. The van der Waals surface area contributed by atoms with Crippen molar-refractivity contribution < 1.29 is 13.9 Å². The van der Waals surface area contributed by atoms with Crippen LogP contribution in [-0.4, -0.2) is 19.6 Å². The minimum absolute atomic E-state index is 0.116. The van der Waals surface area contributed by atoms with Crippen LogP contribution < -0.4 is 5.32 Å². The maximum atomic E-state index is 12.8. The van der Waals surface area contributed by atoms with Crippen molar-refractivity contribution in [1.29, 1.82) is 0 Å². The molecule has 110 valence electrons. The highest BCUT2D eigenvalue weighted by Gasteiger charge is 2.05. The molecule has 4 heteroatoms. The molecular weight excluding hydrogens is 269 g/mol. The van der Waals surface area contributed by atoms with Crippen LogP contribution in [0.1, 0.15) is 21.5 Å². The molecule has 0 radical (unpaired) electrons. The third-order valence-electron chi connectivity index (χ3n) is 3.11. The minimum atomic E-state index is -0.252. The largest absolute Gasteiger partial charge is 0.380 e. The Morgan fingerprint density at radius 2 is 1.90 bits per heavy atom. The van der Waals surface area contributed by atoms with Crippen molar-refractivity contribution in [3.8, 4) is 0 Å². The second kappa shape index (κ2) is 7.55. The molecule has 0 bridgehead atoms. The van der Waals surface area contributed by atoms with Gasteiger partial charge >= 0.3 is 0 Å². The van der Waals surface area contributed by atoms with Crippen LogP contribution >= 0.6 is 0 Å². The van der Waals surface area contributed by atoms with Crippen molar-refractivity contribution in [3.05, 3.63) is 71.0 Å². The van der Waals surface area contributed by atoms with Gasteiger partial charge in [0, 0.05) is 19.2 Å². The fourth-order valence-electron chi connectivity index (χ4n) is 2.04. The molecule has 2 rings (SSSR count). The fraction of sp³-hybridized carbons (Fsp3) is 0.235. The predicted octanol–water partition coefficient (Wildman–Crippen LogP) is 2.94. The van der Waals surface area contributed by atoms with Gasteiger partial charge < -0.3 is 10.1 Å². The number of hydrogen-bond donors (Lipinski definition) is 1. The van der Waals surface area contributed by atoms with E-state index in [2.05, 4.69) is 5.32 Å². The average molecular weight is 287 g/mol. The third-order valence-corrected chi connectivity index (χ3v) is 3.11. The highest BCUT2D eigenvalue weighted by atomic mass is 19.1. The number of halogens is 1. The lowest BCUT2D eigenvalue weighted by molar-refractivity contribution is 0.0954. The van der Waals surface area contributed by atoms with Crippen LogP contribution in [0.3, 0.4) is 0 Å². The Morgan fingerprint density at radius 3 is 2.62 bits per heavy atom. The van der Waals surface area contributed by atoms with Gasteiger partial charge in [-0.05, 0) is 41.8 Å². The van der Waals surface area contributed by atoms with Crippen LogP contribution in [0.2, 0.25) is 0 Å². The fourth-order valence-corrected chi connectivity index (χ4v) is 2.04. The smallest absolute Gasteiger partial charge is 0.251 e. The van der Waals surface area contributed by atoms with E-state index in [0.29, 0.717) is 25.1 Å². The Bertz CT molecular complexity index is 596. The van der Waals surface area contributed by atoms with Gasteiger partial charge in [0.2, 0.25) is 0 Å². The van der Waals surface area contributed by atoms with E-state index in [-0.39, 0.29) is 11.7 Å². The Kier molecular flexibility index (Phi) is 5.46. The van der Waals surface area contributed by atoms with Gasteiger partial charge in [-0.2, -0.15) is 0 Å². The summed E-state index contributed by atoms with van der Waals surface area (Å²) >= 11 is 0. The van der Waals surface area contributed by atoms with Crippen LogP contribution in [0, 0.1) is 5.82 Å². The molecule has 0 aliphatic rings. The molecule has 21 heavy (non-hydrogen) atoms. The molecule has 0 spiro atoms. The van der Waals surface area contributed by atoms with E-state index in [0.717, 1.165) is 11.1 Å². The molecule has 0 aliphatic carbocycles. The number of amides is 1. The number of benzene rings is 2. The lowest BCUT2D eigenvalue weighted by Gasteiger charge is -2.07. The van der Waals surface area contributed by atoms with Gasteiger partial charge in [-0.3, -0.25) is 4.79 Å². The number of ether oxygens (including phenoxy) is 1. The first-order chi connectivity index (χ1) is 10.2. The van der Waals surface area contributed by atoms with E-state index in [1.165, 1.54) is 12.1 Å². The van der Waals surface area contributed by atoms with E-state index < -0.39 is 0 Å². The first kappa shape index (κ1) is 15.2. The normalized spacial score (nSPS) is 10.4. The van der Waals surface area contributed by atoms with Gasteiger partial charge in [0.1, 0.15) is 5.82 Å². The zero-order valence-electron chi connectivity index (χ0n) is 11.9. The van der Waals surface area contributed by atoms with Crippen molar-refractivity contribution in [1.82, 2.24) is 5.32 Å². The van der Waals surface area contributed by atoms with Gasteiger partial charge in [-0.25, -0.2) is 4.39 Å². The molecule has 2 aromatic rings. The highest BCUT2D eigenvalue weighted by Crippen LogP contribution is 2.07. The van der Waals surface area contributed by atoms with Crippen LogP contribution in [0.25, 0.3) is 0 Å². The Labute approximate surface area is 123 Å². The van der Waals surface area contributed by atoms with Gasteiger partial charge in [-0.1, -0.05) is 24.3 Å². The molecule has 0 heterocycles. The molecule has 0 aliphatic heterocycles. The number of methoxy groups -OCH3 is 1. The van der Waals surface area contributed by atoms with Crippen LogP contribution in [0.15, 0.2) is 48.5 Å². The summed E-state index contributed by atoms with van der Waals surface area (Å²) in [5.41, 5.74) is 2.57. The number of carbonyl (C=O) groups excluding carboxylic acids is 1. The summed E-state index contributed by atoms with van der Waals surface area (Å²) in [5.74, 6) is -0.368. The number of hydrogen-bond acceptors (Lipinski definition) is 2. The summed E-state index contributed by atoms with van der Waals surface area (Å²) in [6, 6.07) is 13.6. The monoisotopic (exact) mass is 287 g/mol. The van der Waals surface area contributed by atoms with Crippen LogP contribution in [0.5, 0.6) is 0 Å². The Hall–Kier alpha value is -2.20. The molecule has 0 aromatic heterocycles. The minimum Gasteiger partial charge on any atom is -0.380 e. The summed E-state index contributed by atoms with van der Waals surface area (Å²) in [6.07, 6.45) is 0.670. The molecule has 0 fully saturated rings. The third kappa shape index (κ3) is 4.68. The quantitative estimate of drug-likeness (QED) is 0.887. The predicted molar refractivity (Wildman–Crippen MR) is 79.6 cm³/mol. The molecular formula is C17H18FNO2. The second-order valence-corrected chi connectivity index (χ2v) is 4.77. The van der Waals surface area contributed by atoms with Gasteiger partial charge in [0.15, 0.2) is 0 Å². The summed E-state index contributed by atoms with van der Waals surface area (Å²) < 4.78 is 17.8. The first-order valence-electron chi connectivity index (χ1n) is 6.79. The Morgan fingerprint density at radius 1 is 1.14 bits per heavy atom. The molecule has 0 atom stereocenters. The maximum Gasteiger partial charge on any atom is 0.251 e. The highest BCUT2D eigenvalue weighted by molar-refractivity contribution is 5.94. The lowest BCUT2D eigenvalue weighted by atomic mass is 10.1. The standard InChI is InChI=1S/C17H18FNO2/c1-21-12-14-3-2-4-15(11-14)17(20)19-10-9-13-5-7-16(18)8-6-13/h2-8,11H,9-10,12H2,1H3,(H,19,20). The molecule has 1 amide bonds. The first-order valence-corrected chi connectivity index (χ1v) is 6.79. The van der Waals surface area contributed by atoms with E-state index in [1.807, 2.05) is 18.2 Å². The molecule has 0 saturated heterocycles. The number of nitrogens with one attached hydrogen (secondary N) is 1. The number of carbonyl (C=O) groups is 1. The molecule has 3 nitrogen and oxygen atoms in total. The molecule has 0 saturated carbocycles. The molecule has 0 unspecified atom stereocenters. The summed E-state index contributed by atoms with van der Waals surface area (Å²) in [6.45, 7) is 0.996. The second-order valence-electron chi connectivity index (χ2n) is 4.77. The Balaban J connectivity index is 1.86. The summed E-state index contributed by atoms with van der Waals surface area (Å²) in [4.78, 5) is 12.0. The van der Waals surface area contributed by atoms with E-state index >= 15 is 0 Å². The van der Waals surface area contributed by atoms with Gasteiger partial charge in [0.25, 0.3) is 5.91 Å². The van der Waals surface area contributed by atoms with Gasteiger partial charge in [-0.15, -0.1) is 0 Å². The zero-order valence-corrected chi connectivity index (χ0v) is 11.9. The number of rotatable bonds is 6. The lowest BCUT2D eigenvalue weighted by Crippen LogP contribution is -2.25. The van der Waals surface area contributed by atoms with Crippen molar-refractivity contribution in [3.63, 3.8) is 0 Å². The van der Waals surface area contributed by atoms with Crippen LogP contribution in [-0.2, 0) is 17.8 Å². The molecule has 2 aromatic carbocycles. The zero-order chi connectivity index (χ0) is 15.1. The van der Waals surface area contributed by atoms with Gasteiger partial charge in [0.05, 0.1) is 6.61 Å². The van der Waals surface area contributed by atoms with E-state index in [4.69, 9.17) is 4.74 Å². The van der Waals surface area contributed by atoms with E-state index in [9.17, 15) is 9.18 Å². The summed E-state index contributed by atoms with van der Waals surface area (Å²) in [7, 11) is 1.62. The SMILES string of the molecule is COCc1cccc(C(=O)NCCc2ccc(F)cc2)c1. The van der Waals surface area contributed by atoms with Crippen LogP contribution in [0.4, 0.5) is 4.39 Å². The molecule has 1 N–H and O–H groups in total. The van der Waals surface area contributed by atoms with Crippen molar-refractivity contribution in [2.45, 2.75) is 13.0 Å². The van der Waals surface area contributed by atoms with E-state index in [1.54, 1.807) is 25.3 Å². The van der Waals surface area contributed by atoms with Crippen molar-refractivity contribution in [2.24, 2.45) is 0 Å². The maximum absolute atomic E-state index is 12.8. The average Bonchev–Trinajstić information content (AvgIpc) is 2.50. The van der Waals surface area contributed by atoms with Crippen molar-refractivity contribution in [2.75, 3.05) is 13.7 Å². The topological polar surface area (TPSA) is 38.3 Å². The van der Waals surface area contributed by atoms with Crippen molar-refractivity contribution >= 4 is 5.91 Å².